The van der Waals surface area contributed by atoms with Crippen LogP contribution in [0.2, 0.25) is 0 Å². The highest BCUT2D eigenvalue weighted by atomic mass is 32.2. The second kappa shape index (κ2) is 12.8. The van der Waals surface area contributed by atoms with E-state index in [1.807, 2.05) is 6.92 Å². The van der Waals surface area contributed by atoms with Gasteiger partial charge in [0.1, 0.15) is 23.5 Å². The highest BCUT2D eigenvalue weighted by Gasteiger charge is 2.54. The van der Waals surface area contributed by atoms with Crippen LogP contribution in [0.25, 0.3) is 0 Å². The molecule has 2 amide bonds. The molecule has 1 saturated heterocycles. The Balaban J connectivity index is 2.04. The van der Waals surface area contributed by atoms with E-state index >= 15 is 0 Å². The van der Waals surface area contributed by atoms with Crippen LogP contribution in [-0.4, -0.2) is 52.2 Å². The predicted molar refractivity (Wildman–Crippen MR) is 119 cm³/mol. The number of carbonyl (C=O) groups is 5. The van der Waals surface area contributed by atoms with Gasteiger partial charge in [-0.2, -0.15) is 0 Å². The third-order valence-corrected chi connectivity index (χ3v) is 5.90. The van der Waals surface area contributed by atoms with E-state index in [4.69, 9.17) is 9.47 Å². The zero-order valence-corrected chi connectivity index (χ0v) is 18.8. The summed E-state index contributed by atoms with van der Waals surface area (Å²) in [6.07, 6.45) is 4.11. The molecule has 0 unspecified atom stereocenters. The van der Waals surface area contributed by atoms with Gasteiger partial charge in [-0.15, -0.1) is 0 Å². The van der Waals surface area contributed by atoms with Crippen LogP contribution in [0.15, 0.2) is 43.0 Å². The molecular weight excluding hydrogens is 434 g/mol. The lowest BCUT2D eigenvalue weighted by molar-refractivity contribution is -0.172. The number of ether oxygens (including phenoxy) is 2. The number of likely N-dealkylation sites (tertiary alicyclic amines) is 1. The molecule has 0 spiro atoms. The van der Waals surface area contributed by atoms with Gasteiger partial charge in [0.05, 0.1) is 5.92 Å². The van der Waals surface area contributed by atoms with E-state index in [-0.39, 0.29) is 25.4 Å². The third-order valence-electron chi connectivity index (χ3n) is 4.74. The van der Waals surface area contributed by atoms with Gasteiger partial charge in [-0.1, -0.05) is 62.4 Å². The van der Waals surface area contributed by atoms with Gasteiger partial charge in [0.15, 0.2) is 6.61 Å². The first-order valence-electron chi connectivity index (χ1n) is 10.4. The first kappa shape index (κ1) is 25.3. The summed E-state index contributed by atoms with van der Waals surface area (Å²) >= 11 is 0.706. The average Bonchev–Trinajstić information content (AvgIpc) is 2.80. The summed E-state index contributed by atoms with van der Waals surface area (Å²) in [4.78, 5) is 62.4. The van der Waals surface area contributed by atoms with Crippen LogP contribution < -0.4 is 4.74 Å². The van der Waals surface area contributed by atoms with E-state index in [1.54, 1.807) is 30.3 Å². The molecule has 1 fully saturated rings. The lowest BCUT2D eigenvalue weighted by atomic mass is 9.90. The number of thioether (sulfide) groups is 1. The summed E-state index contributed by atoms with van der Waals surface area (Å²) in [5.41, 5.74) is 0. The van der Waals surface area contributed by atoms with Gasteiger partial charge < -0.3 is 9.47 Å². The summed E-state index contributed by atoms with van der Waals surface area (Å²) in [5, 5.41) is -1.40. The van der Waals surface area contributed by atoms with Gasteiger partial charge in [0.2, 0.25) is 11.0 Å². The van der Waals surface area contributed by atoms with Crippen molar-refractivity contribution in [2.75, 3.05) is 13.2 Å². The van der Waals surface area contributed by atoms with Gasteiger partial charge in [0, 0.05) is 12.8 Å². The Labute approximate surface area is 191 Å². The van der Waals surface area contributed by atoms with Crippen molar-refractivity contribution >= 4 is 40.4 Å². The number of hydrogen-bond donors (Lipinski definition) is 0. The van der Waals surface area contributed by atoms with Gasteiger partial charge in [-0.3, -0.25) is 24.1 Å². The summed E-state index contributed by atoms with van der Waals surface area (Å²) in [5.74, 6) is -3.52. The summed E-state index contributed by atoms with van der Waals surface area (Å²) in [7, 11) is 0. The minimum Gasteiger partial charge on any atom is -0.485 e. The Hall–Kier alpha value is -2.94. The number of benzene rings is 1. The quantitative estimate of drug-likeness (QED) is 0.154. The maximum atomic E-state index is 12.6. The molecule has 0 radical (unpaired) electrons. The van der Waals surface area contributed by atoms with Crippen LogP contribution in [0.1, 0.15) is 39.0 Å². The average molecular weight is 462 g/mol. The number of nitrogens with zero attached hydrogens (tertiary/aromatic N) is 1. The minimum atomic E-state index is -1.22. The number of hydrogen-bond acceptors (Lipinski definition) is 8. The molecule has 172 valence electrons. The number of unbranched alkanes of at least 4 members (excludes halogenated alkanes) is 2. The Kier molecular flexibility index (Phi) is 10.1. The number of para-hydroxylation sites is 1. The lowest BCUT2D eigenvalue weighted by Crippen LogP contribution is -2.64. The maximum Gasteiger partial charge on any atom is 0.397 e. The number of imide groups is 1. The van der Waals surface area contributed by atoms with Crippen molar-refractivity contribution in [2.24, 2.45) is 5.92 Å². The number of ketones is 1. The number of rotatable bonds is 12. The first-order chi connectivity index (χ1) is 15.4. The third kappa shape index (κ3) is 7.05. The van der Waals surface area contributed by atoms with Crippen molar-refractivity contribution in [1.29, 1.82) is 0 Å². The van der Waals surface area contributed by atoms with Crippen molar-refractivity contribution in [1.82, 2.24) is 4.90 Å². The number of carbonyl (C=O) groups excluding carboxylic acids is 5. The van der Waals surface area contributed by atoms with Crippen LogP contribution in [0.5, 0.6) is 5.75 Å². The zero-order chi connectivity index (χ0) is 23.5. The Morgan fingerprint density at radius 1 is 1.16 bits per heavy atom. The van der Waals surface area contributed by atoms with E-state index in [0.717, 1.165) is 12.8 Å². The molecule has 1 heterocycles. The highest BCUT2D eigenvalue weighted by molar-refractivity contribution is 8.14. The Bertz CT molecular complexity index is 855. The van der Waals surface area contributed by atoms with Gasteiger partial charge in [0.25, 0.3) is 0 Å². The fraction of sp³-hybridized carbons (Fsp3) is 0.435. The fourth-order valence-electron chi connectivity index (χ4n) is 3.10. The van der Waals surface area contributed by atoms with E-state index in [9.17, 15) is 24.0 Å². The summed E-state index contributed by atoms with van der Waals surface area (Å²) in [6.45, 7) is 4.93. The molecule has 2 rings (SSSR count). The standard InChI is InChI=1S/C23H27NO7S/c1-3-5-7-10-16(25)14-18-20(27)24(21(28)23(29)30-13-4-2)22(18)32-19(26)15-31-17-11-8-6-9-12-17/h4,6,8-9,11-12,18,22H,2-3,5,7,10,13-15H2,1H3/t18-,22-/m1/s1. The normalized spacial score (nSPS) is 17.3. The Morgan fingerprint density at radius 2 is 1.88 bits per heavy atom. The molecule has 1 aliphatic rings. The monoisotopic (exact) mass is 461 g/mol. The second-order valence-electron chi connectivity index (χ2n) is 7.19. The van der Waals surface area contributed by atoms with Crippen molar-refractivity contribution in [2.45, 2.75) is 44.4 Å². The number of esters is 1. The Morgan fingerprint density at radius 3 is 2.53 bits per heavy atom. The van der Waals surface area contributed by atoms with Crippen LogP contribution in [0.4, 0.5) is 0 Å². The summed E-state index contributed by atoms with van der Waals surface area (Å²) < 4.78 is 10.1. The largest absolute Gasteiger partial charge is 0.485 e. The smallest absolute Gasteiger partial charge is 0.397 e. The second-order valence-corrected chi connectivity index (χ2v) is 8.36. The first-order valence-corrected chi connectivity index (χ1v) is 11.3. The van der Waals surface area contributed by atoms with Crippen molar-refractivity contribution in [3.05, 3.63) is 43.0 Å². The maximum absolute atomic E-state index is 12.6. The topological polar surface area (TPSA) is 107 Å². The van der Waals surface area contributed by atoms with Crippen LogP contribution in [0.3, 0.4) is 0 Å². The van der Waals surface area contributed by atoms with Crippen molar-refractivity contribution in [3.63, 3.8) is 0 Å². The molecule has 32 heavy (non-hydrogen) atoms. The van der Waals surface area contributed by atoms with E-state index < -0.39 is 34.2 Å². The molecular formula is C23H27NO7S. The number of amides is 2. The highest BCUT2D eigenvalue weighted by Crippen LogP contribution is 2.38. The van der Waals surface area contributed by atoms with E-state index in [0.29, 0.717) is 35.3 Å². The predicted octanol–water partition coefficient (Wildman–Crippen LogP) is 2.91. The molecule has 0 aromatic heterocycles. The lowest BCUT2D eigenvalue weighted by Gasteiger charge is -2.43. The number of Topliss-reactive ketones (excluding diaryl/α,β-unsaturated/α-hetero) is 1. The van der Waals surface area contributed by atoms with Crippen molar-refractivity contribution < 1.29 is 33.4 Å². The molecule has 1 aromatic carbocycles. The van der Waals surface area contributed by atoms with Crippen LogP contribution in [0, 0.1) is 5.92 Å². The van der Waals surface area contributed by atoms with E-state index in [1.165, 1.54) is 6.08 Å². The molecule has 1 aromatic rings. The van der Waals surface area contributed by atoms with Crippen LogP contribution >= 0.6 is 11.8 Å². The molecule has 0 saturated carbocycles. The zero-order valence-electron chi connectivity index (χ0n) is 18.0. The molecule has 9 heteroatoms. The van der Waals surface area contributed by atoms with Gasteiger partial charge >= 0.3 is 11.9 Å². The molecule has 0 aliphatic carbocycles. The van der Waals surface area contributed by atoms with Gasteiger partial charge in [-0.05, 0) is 18.6 Å². The van der Waals surface area contributed by atoms with Gasteiger partial charge in [-0.25, -0.2) is 4.79 Å². The fourth-order valence-corrected chi connectivity index (χ4v) is 4.18. The SMILES string of the molecule is C=CCOC(=O)C(=O)N1C(=O)[C@@H](CC(=O)CCCCC)[C@H]1SC(=O)COc1ccccc1. The molecule has 0 N–H and O–H groups in total. The molecule has 1 aliphatic heterocycles. The minimum absolute atomic E-state index is 0.0848. The number of β-lactam (4-membered cyclic amide) rings is 1. The van der Waals surface area contributed by atoms with E-state index in [2.05, 4.69) is 6.58 Å². The van der Waals surface area contributed by atoms with Crippen LogP contribution in [-0.2, 0) is 28.7 Å². The van der Waals surface area contributed by atoms with Crippen molar-refractivity contribution in [3.8, 4) is 5.75 Å². The molecule has 8 nitrogen and oxygen atoms in total. The molecule has 2 atom stereocenters. The molecule has 0 bridgehead atoms. The summed E-state index contributed by atoms with van der Waals surface area (Å²) in [6, 6.07) is 8.70.